The van der Waals surface area contributed by atoms with Crippen LogP contribution in [0, 0.1) is 0 Å². The van der Waals surface area contributed by atoms with Crippen LogP contribution in [-0.2, 0) is 11.3 Å². The normalized spacial score (nSPS) is 11.4. The summed E-state index contributed by atoms with van der Waals surface area (Å²) in [5, 5.41) is 14.0. The van der Waals surface area contributed by atoms with Crippen LogP contribution in [0.25, 0.3) is 39.2 Å². The van der Waals surface area contributed by atoms with Crippen molar-refractivity contribution >= 4 is 33.8 Å². The molecule has 1 amide bonds. The molecule has 0 aliphatic heterocycles. The van der Waals surface area contributed by atoms with Gasteiger partial charge in [-0.05, 0) is 6.07 Å². The minimum absolute atomic E-state index is 0.0328. The predicted molar refractivity (Wildman–Crippen MR) is 99.3 cm³/mol. The number of fused-ring (bicyclic) bond motifs is 4. The Bertz CT molecular complexity index is 1300. The second-order valence-corrected chi connectivity index (χ2v) is 6.06. The van der Waals surface area contributed by atoms with Crippen LogP contribution in [0.3, 0.4) is 0 Å². The molecule has 0 unspecified atom stereocenters. The van der Waals surface area contributed by atoms with Crippen LogP contribution in [0.1, 0.15) is 0 Å². The van der Waals surface area contributed by atoms with Gasteiger partial charge in [0.05, 0.1) is 5.52 Å². The Hall–Kier alpha value is -3.85. The lowest BCUT2D eigenvalue weighted by molar-refractivity contribution is -0.121. The van der Waals surface area contributed by atoms with E-state index in [-0.39, 0.29) is 12.5 Å². The van der Waals surface area contributed by atoms with Crippen molar-refractivity contribution in [2.75, 3.05) is 0 Å². The van der Waals surface area contributed by atoms with Gasteiger partial charge in [-0.25, -0.2) is 5.84 Å². The number of benzene rings is 2. The van der Waals surface area contributed by atoms with Crippen LogP contribution >= 0.6 is 0 Å². The van der Waals surface area contributed by atoms with Gasteiger partial charge in [0.25, 0.3) is 11.7 Å². The fourth-order valence-corrected chi connectivity index (χ4v) is 3.23. The van der Waals surface area contributed by atoms with E-state index in [1.54, 1.807) is 9.08 Å². The van der Waals surface area contributed by atoms with Crippen LogP contribution in [0.15, 0.2) is 54.6 Å². The zero-order chi connectivity index (χ0) is 18.4. The first kappa shape index (κ1) is 15.4. The Labute approximate surface area is 152 Å². The molecule has 5 aromatic rings. The number of aromatic nitrogens is 6. The molecule has 27 heavy (non-hydrogen) atoms. The van der Waals surface area contributed by atoms with E-state index in [0.29, 0.717) is 22.8 Å². The molecule has 0 aliphatic carbocycles. The van der Waals surface area contributed by atoms with E-state index >= 15 is 0 Å². The zero-order valence-electron chi connectivity index (χ0n) is 14.1. The number of hydrogen-bond donors (Lipinski definition) is 2. The zero-order valence-corrected chi connectivity index (χ0v) is 14.1. The smallest absolute Gasteiger partial charge is 0.274 e. The van der Waals surface area contributed by atoms with Crippen molar-refractivity contribution in [1.82, 2.24) is 34.8 Å². The molecule has 0 saturated heterocycles. The number of rotatable bonds is 3. The number of hydrazine groups is 1. The molecule has 0 bridgehead atoms. The van der Waals surface area contributed by atoms with Crippen molar-refractivity contribution in [1.29, 1.82) is 0 Å². The number of carbonyl (C=O) groups excluding carboxylic acids is 1. The Morgan fingerprint density at radius 2 is 1.81 bits per heavy atom. The molecule has 3 N–H and O–H groups in total. The van der Waals surface area contributed by atoms with Crippen LogP contribution in [0.4, 0.5) is 0 Å². The average Bonchev–Trinajstić information content (AvgIpc) is 3.26. The predicted octanol–water partition coefficient (Wildman–Crippen LogP) is 1.28. The Morgan fingerprint density at radius 3 is 2.63 bits per heavy atom. The maximum atomic E-state index is 11.9. The molecule has 0 atom stereocenters. The highest BCUT2D eigenvalue weighted by Gasteiger charge is 2.18. The summed E-state index contributed by atoms with van der Waals surface area (Å²) in [5.41, 5.74) is 5.12. The van der Waals surface area contributed by atoms with Gasteiger partial charge in [0, 0.05) is 10.9 Å². The van der Waals surface area contributed by atoms with Crippen LogP contribution in [0.5, 0.6) is 0 Å². The number of nitrogens with two attached hydrogens (primary N) is 1. The van der Waals surface area contributed by atoms with E-state index in [1.807, 2.05) is 54.6 Å². The minimum atomic E-state index is -0.328. The summed E-state index contributed by atoms with van der Waals surface area (Å²) in [4.78, 5) is 16.5. The van der Waals surface area contributed by atoms with Crippen LogP contribution in [0.2, 0.25) is 0 Å². The van der Waals surface area contributed by atoms with Crippen LogP contribution < -0.4 is 11.3 Å². The lowest BCUT2D eigenvalue weighted by Crippen LogP contribution is -2.33. The van der Waals surface area contributed by atoms with Crippen molar-refractivity contribution in [3.8, 4) is 11.4 Å². The number of nitrogens with zero attached hydrogens (tertiary/aromatic N) is 6. The Kier molecular flexibility index (Phi) is 3.34. The fraction of sp³-hybridized carbons (Fsp3) is 0.0556. The highest BCUT2D eigenvalue weighted by atomic mass is 16.2. The number of carbonyl (C=O) groups is 1. The summed E-state index contributed by atoms with van der Waals surface area (Å²) < 4.78 is 3.40. The molecule has 0 fully saturated rings. The first-order chi connectivity index (χ1) is 13.3. The first-order valence-electron chi connectivity index (χ1n) is 8.31. The highest BCUT2D eigenvalue weighted by Crippen LogP contribution is 2.27. The summed E-state index contributed by atoms with van der Waals surface area (Å²) in [5.74, 6) is 5.90. The maximum Gasteiger partial charge on any atom is 0.274 e. The van der Waals surface area contributed by atoms with Gasteiger partial charge in [-0.15, -0.1) is 10.2 Å². The number of amides is 1. The minimum Gasteiger partial charge on any atom is -0.314 e. The molecule has 2 aromatic carbocycles. The second-order valence-electron chi connectivity index (χ2n) is 6.06. The number of nitrogens with one attached hydrogen (secondary N) is 1. The van der Waals surface area contributed by atoms with Crippen molar-refractivity contribution in [3.05, 3.63) is 54.6 Å². The third-order valence-electron chi connectivity index (χ3n) is 4.44. The molecule has 0 saturated carbocycles. The van der Waals surface area contributed by atoms with Crippen molar-refractivity contribution in [3.63, 3.8) is 0 Å². The van der Waals surface area contributed by atoms with Crippen molar-refractivity contribution in [2.45, 2.75) is 6.54 Å². The molecule has 0 spiro atoms. The SMILES string of the molecule is NNC(=O)Cn1c2ccccc2c2nn3c(-c4ccccc4)nnc3nc21. The summed E-state index contributed by atoms with van der Waals surface area (Å²) in [7, 11) is 0. The van der Waals surface area contributed by atoms with E-state index in [2.05, 4.69) is 20.6 Å². The number of para-hydroxylation sites is 1. The quantitative estimate of drug-likeness (QED) is 0.285. The molecule has 0 aliphatic rings. The van der Waals surface area contributed by atoms with E-state index in [4.69, 9.17) is 10.9 Å². The summed E-state index contributed by atoms with van der Waals surface area (Å²) in [6.45, 7) is 0.0328. The first-order valence-corrected chi connectivity index (χ1v) is 8.31. The molecule has 5 rings (SSSR count). The Morgan fingerprint density at radius 1 is 1.04 bits per heavy atom. The monoisotopic (exact) mass is 358 g/mol. The molecule has 3 aromatic heterocycles. The van der Waals surface area contributed by atoms with Gasteiger partial charge in [0.15, 0.2) is 11.5 Å². The van der Waals surface area contributed by atoms with Gasteiger partial charge in [-0.2, -0.15) is 14.6 Å². The van der Waals surface area contributed by atoms with Gasteiger partial charge in [-0.1, -0.05) is 48.5 Å². The largest absolute Gasteiger partial charge is 0.314 e. The van der Waals surface area contributed by atoms with Gasteiger partial charge in [-0.3, -0.25) is 10.2 Å². The van der Waals surface area contributed by atoms with Gasteiger partial charge in [0.1, 0.15) is 12.1 Å². The van der Waals surface area contributed by atoms with E-state index < -0.39 is 0 Å². The fourth-order valence-electron chi connectivity index (χ4n) is 3.23. The van der Waals surface area contributed by atoms with Crippen molar-refractivity contribution in [2.24, 2.45) is 5.84 Å². The molecule has 9 heteroatoms. The third-order valence-corrected chi connectivity index (χ3v) is 4.44. The Balaban J connectivity index is 1.83. The number of hydrogen-bond acceptors (Lipinski definition) is 6. The molecule has 3 heterocycles. The maximum absolute atomic E-state index is 11.9. The summed E-state index contributed by atoms with van der Waals surface area (Å²) in [6.07, 6.45) is 0. The summed E-state index contributed by atoms with van der Waals surface area (Å²) >= 11 is 0. The lowest BCUT2D eigenvalue weighted by atomic mass is 10.2. The average molecular weight is 358 g/mol. The van der Waals surface area contributed by atoms with E-state index in [0.717, 1.165) is 16.5 Å². The highest BCUT2D eigenvalue weighted by molar-refractivity contribution is 6.05. The van der Waals surface area contributed by atoms with E-state index in [9.17, 15) is 4.79 Å². The summed E-state index contributed by atoms with van der Waals surface area (Å²) in [6, 6.07) is 17.4. The van der Waals surface area contributed by atoms with Gasteiger partial charge >= 0.3 is 0 Å². The van der Waals surface area contributed by atoms with E-state index in [1.165, 1.54) is 0 Å². The standard InChI is InChI=1S/C18H14N8O/c19-21-14(27)10-25-13-9-5-4-8-12(13)15-17(25)20-18-23-22-16(26(18)24-15)11-6-2-1-3-7-11/h1-9H,10,19H2,(H,21,27). The molecule has 132 valence electrons. The van der Waals surface area contributed by atoms with Gasteiger partial charge in [0.2, 0.25) is 0 Å². The third kappa shape index (κ3) is 2.33. The van der Waals surface area contributed by atoms with Crippen molar-refractivity contribution < 1.29 is 4.79 Å². The molecular weight excluding hydrogens is 344 g/mol. The topological polar surface area (TPSA) is 116 Å². The molecule has 9 nitrogen and oxygen atoms in total. The molecule has 0 radical (unpaired) electrons. The lowest BCUT2D eigenvalue weighted by Gasteiger charge is -2.05. The second kappa shape index (κ2) is 5.85. The molecular formula is C18H14N8O. The van der Waals surface area contributed by atoms with Crippen LogP contribution in [-0.4, -0.2) is 35.3 Å². The van der Waals surface area contributed by atoms with Gasteiger partial charge < -0.3 is 4.57 Å².